The predicted molar refractivity (Wildman–Crippen MR) is 60.1 cm³/mol. The Kier molecular flexibility index (Phi) is 4.91. The molecule has 0 spiro atoms. The number of carbonyl (C=O) groups is 2. The summed E-state index contributed by atoms with van der Waals surface area (Å²) < 4.78 is 38.9. The first-order chi connectivity index (χ1) is 8.86. The van der Waals surface area contributed by atoms with Gasteiger partial charge in [0, 0.05) is 6.07 Å². The summed E-state index contributed by atoms with van der Waals surface area (Å²) in [6, 6.07) is -0.574. The molecule has 4 nitrogen and oxygen atoms in total. The number of amides is 1. The Morgan fingerprint density at radius 3 is 2.32 bits per heavy atom. The van der Waals surface area contributed by atoms with E-state index < -0.39 is 40.9 Å². The molecule has 1 aromatic rings. The maximum absolute atomic E-state index is 13.3. The van der Waals surface area contributed by atoms with Gasteiger partial charge in [-0.15, -0.1) is 0 Å². The van der Waals surface area contributed by atoms with Gasteiger partial charge in [-0.25, -0.2) is 18.0 Å². The number of carboxylic acid groups (broad SMARTS) is 1. The quantitative estimate of drug-likeness (QED) is 0.808. The number of halogens is 3. The fraction of sp³-hybridized carbons (Fsp3) is 0.333. The zero-order valence-electron chi connectivity index (χ0n) is 10.0. The summed E-state index contributed by atoms with van der Waals surface area (Å²) in [5, 5.41) is 10.9. The fourth-order valence-electron chi connectivity index (χ4n) is 1.48. The average Bonchev–Trinajstić information content (AvgIpc) is 2.32. The zero-order chi connectivity index (χ0) is 14.6. The van der Waals surface area contributed by atoms with Crippen LogP contribution in [0.5, 0.6) is 0 Å². The van der Waals surface area contributed by atoms with Crippen LogP contribution in [0.2, 0.25) is 0 Å². The van der Waals surface area contributed by atoms with Gasteiger partial charge in [0.2, 0.25) is 0 Å². The number of hydrogen-bond acceptors (Lipinski definition) is 2. The molecule has 1 aromatic carbocycles. The molecule has 0 saturated heterocycles. The van der Waals surface area contributed by atoms with Crippen molar-refractivity contribution in [2.45, 2.75) is 25.8 Å². The van der Waals surface area contributed by atoms with E-state index in [-0.39, 0.29) is 12.5 Å². The van der Waals surface area contributed by atoms with Gasteiger partial charge in [-0.05, 0) is 12.5 Å². The Bertz CT molecular complexity index is 505. The average molecular weight is 275 g/mol. The van der Waals surface area contributed by atoms with Gasteiger partial charge in [-0.2, -0.15) is 0 Å². The van der Waals surface area contributed by atoms with Gasteiger partial charge < -0.3 is 10.4 Å². The summed E-state index contributed by atoms with van der Waals surface area (Å²) in [5.41, 5.74) is -0.735. The molecule has 0 radical (unpaired) electrons. The van der Waals surface area contributed by atoms with Crippen LogP contribution in [0.15, 0.2) is 12.1 Å². The van der Waals surface area contributed by atoms with Crippen LogP contribution in [0.1, 0.15) is 30.1 Å². The van der Waals surface area contributed by atoms with Crippen molar-refractivity contribution in [2.24, 2.45) is 0 Å². The van der Waals surface area contributed by atoms with E-state index in [0.29, 0.717) is 12.5 Å². The molecule has 7 heteroatoms. The van der Waals surface area contributed by atoms with E-state index in [1.54, 1.807) is 6.92 Å². The molecule has 1 rings (SSSR count). The third kappa shape index (κ3) is 3.70. The van der Waals surface area contributed by atoms with E-state index in [9.17, 15) is 22.8 Å². The molecule has 0 saturated carbocycles. The smallest absolute Gasteiger partial charge is 0.326 e. The molecular weight excluding hydrogens is 263 g/mol. The first-order valence-corrected chi connectivity index (χ1v) is 5.55. The Balaban J connectivity index is 2.94. The fourth-order valence-corrected chi connectivity index (χ4v) is 1.48. The van der Waals surface area contributed by atoms with Crippen molar-refractivity contribution in [2.75, 3.05) is 0 Å². The highest BCUT2D eigenvalue weighted by molar-refractivity contribution is 5.96. The van der Waals surface area contributed by atoms with Crippen LogP contribution >= 0.6 is 0 Å². The van der Waals surface area contributed by atoms with Gasteiger partial charge in [-0.1, -0.05) is 13.3 Å². The predicted octanol–water partition coefficient (Wildman–Crippen LogP) is 2.09. The largest absolute Gasteiger partial charge is 0.480 e. The molecule has 0 aliphatic carbocycles. The molecule has 0 aromatic heterocycles. The third-order valence-corrected chi connectivity index (χ3v) is 2.44. The van der Waals surface area contributed by atoms with Gasteiger partial charge in [0.25, 0.3) is 5.91 Å². The number of benzene rings is 1. The highest BCUT2D eigenvalue weighted by atomic mass is 19.2. The number of rotatable bonds is 5. The molecule has 1 unspecified atom stereocenters. The standard InChI is InChI=1S/C12H12F3NO3/c1-2-3-10(12(18)19)16-11(17)6-4-8(14)9(15)5-7(6)13/h4-5,10H,2-3H2,1H3,(H,16,17)(H,18,19). The molecule has 1 atom stereocenters. The van der Waals surface area contributed by atoms with E-state index >= 15 is 0 Å². The van der Waals surface area contributed by atoms with E-state index in [2.05, 4.69) is 5.32 Å². The van der Waals surface area contributed by atoms with E-state index in [1.807, 2.05) is 0 Å². The van der Waals surface area contributed by atoms with Crippen LogP contribution in [-0.2, 0) is 4.79 Å². The second-order valence-corrected chi connectivity index (χ2v) is 3.90. The minimum atomic E-state index is -1.42. The van der Waals surface area contributed by atoms with Crippen LogP contribution in [0.4, 0.5) is 13.2 Å². The molecular formula is C12H12F3NO3. The van der Waals surface area contributed by atoms with Crippen molar-refractivity contribution in [3.05, 3.63) is 35.1 Å². The summed E-state index contributed by atoms with van der Waals surface area (Å²) in [5.74, 6) is -6.43. The summed E-state index contributed by atoms with van der Waals surface area (Å²) >= 11 is 0. The van der Waals surface area contributed by atoms with Gasteiger partial charge in [0.05, 0.1) is 5.56 Å². The first kappa shape index (κ1) is 15.0. The molecule has 2 N–H and O–H groups in total. The van der Waals surface area contributed by atoms with Crippen molar-refractivity contribution < 1.29 is 27.9 Å². The van der Waals surface area contributed by atoms with Gasteiger partial charge in [-0.3, -0.25) is 4.79 Å². The normalized spacial score (nSPS) is 12.0. The summed E-state index contributed by atoms with van der Waals surface area (Å²) in [6.07, 6.45) is 0.629. The molecule has 1 amide bonds. The van der Waals surface area contributed by atoms with Crippen LogP contribution < -0.4 is 5.32 Å². The third-order valence-electron chi connectivity index (χ3n) is 2.44. The number of carbonyl (C=O) groups excluding carboxylic acids is 1. The number of aliphatic carboxylic acids is 1. The van der Waals surface area contributed by atoms with Crippen LogP contribution in [0.25, 0.3) is 0 Å². The number of carboxylic acids is 1. The topological polar surface area (TPSA) is 66.4 Å². The lowest BCUT2D eigenvalue weighted by Gasteiger charge is -2.13. The lowest BCUT2D eigenvalue weighted by atomic mass is 10.1. The molecule has 0 heterocycles. The van der Waals surface area contributed by atoms with E-state index in [0.717, 1.165) is 0 Å². The first-order valence-electron chi connectivity index (χ1n) is 5.55. The zero-order valence-corrected chi connectivity index (χ0v) is 10.0. The van der Waals surface area contributed by atoms with E-state index in [4.69, 9.17) is 5.11 Å². The van der Waals surface area contributed by atoms with Gasteiger partial charge >= 0.3 is 5.97 Å². The van der Waals surface area contributed by atoms with Gasteiger partial charge in [0.1, 0.15) is 11.9 Å². The molecule has 0 aliphatic heterocycles. The molecule has 0 bridgehead atoms. The second kappa shape index (κ2) is 6.21. The summed E-state index contributed by atoms with van der Waals surface area (Å²) in [6.45, 7) is 1.71. The Labute approximate surface area is 107 Å². The maximum Gasteiger partial charge on any atom is 0.326 e. The monoisotopic (exact) mass is 275 g/mol. The van der Waals surface area contributed by atoms with Crippen LogP contribution in [-0.4, -0.2) is 23.0 Å². The van der Waals surface area contributed by atoms with Crippen molar-refractivity contribution in [1.82, 2.24) is 5.32 Å². The van der Waals surface area contributed by atoms with Crippen molar-refractivity contribution in [1.29, 1.82) is 0 Å². The van der Waals surface area contributed by atoms with Crippen molar-refractivity contribution >= 4 is 11.9 Å². The number of nitrogens with one attached hydrogen (secondary N) is 1. The Hall–Kier alpha value is -2.05. The maximum atomic E-state index is 13.3. The van der Waals surface area contributed by atoms with Crippen molar-refractivity contribution in [3.8, 4) is 0 Å². The Morgan fingerprint density at radius 1 is 1.21 bits per heavy atom. The van der Waals surface area contributed by atoms with Crippen LogP contribution in [0.3, 0.4) is 0 Å². The van der Waals surface area contributed by atoms with Crippen molar-refractivity contribution in [3.63, 3.8) is 0 Å². The van der Waals surface area contributed by atoms with Crippen LogP contribution in [0, 0.1) is 17.5 Å². The summed E-state index contributed by atoms with van der Waals surface area (Å²) in [4.78, 5) is 22.4. The van der Waals surface area contributed by atoms with E-state index in [1.165, 1.54) is 0 Å². The minimum absolute atomic E-state index is 0.145. The highest BCUT2D eigenvalue weighted by Crippen LogP contribution is 2.14. The summed E-state index contributed by atoms with van der Waals surface area (Å²) in [7, 11) is 0. The molecule has 0 fully saturated rings. The lowest BCUT2D eigenvalue weighted by Crippen LogP contribution is -2.41. The lowest BCUT2D eigenvalue weighted by molar-refractivity contribution is -0.139. The SMILES string of the molecule is CCCC(NC(=O)c1cc(F)c(F)cc1F)C(=O)O. The van der Waals surface area contributed by atoms with Gasteiger partial charge in [0.15, 0.2) is 11.6 Å². The molecule has 104 valence electrons. The highest BCUT2D eigenvalue weighted by Gasteiger charge is 2.22. The number of hydrogen-bond donors (Lipinski definition) is 2. The molecule has 19 heavy (non-hydrogen) atoms. The Morgan fingerprint density at radius 2 is 1.79 bits per heavy atom. The minimum Gasteiger partial charge on any atom is -0.480 e. The second-order valence-electron chi connectivity index (χ2n) is 3.90. The molecule has 0 aliphatic rings.